The number of hydrogen-bond acceptors (Lipinski definition) is 4. The maximum Gasteiger partial charge on any atom is 0.479 e. The van der Waals surface area contributed by atoms with Crippen molar-refractivity contribution in [2.24, 2.45) is 5.18 Å². The summed E-state index contributed by atoms with van der Waals surface area (Å²) in [5.74, 6) is 0. The molecule has 0 spiro atoms. The molecule has 6 nitrogen and oxygen atoms in total. The van der Waals surface area contributed by atoms with Crippen LogP contribution >= 0.6 is 23.6 Å². The Hall–Kier alpha value is -0.880. The summed E-state index contributed by atoms with van der Waals surface area (Å²) in [6.07, 6.45) is -2.98. The molecule has 0 saturated carbocycles. The van der Waals surface area contributed by atoms with E-state index in [0.29, 0.717) is 0 Å². The van der Waals surface area contributed by atoms with Crippen LogP contribution in [0.25, 0.3) is 0 Å². The van der Waals surface area contributed by atoms with Gasteiger partial charge >= 0.3 is 12.2 Å². The molecule has 0 N–H and O–H groups in total. The van der Waals surface area contributed by atoms with Crippen LogP contribution in [0.15, 0.2) is 5.18 Å². The van der Waals surface area contributed by atoms with Gasteiger partial charge in [0.05, 0.1) is 5.18 Å². The van der Waals surface area contributed by atoms with Crippen molar-refractivity contribution in [3.05, 3.63) is 4.91 Å². The number of nitrogens with zero attached hydrogens (tertiary/aromatic N) is 2. The van der Waals surface area contributed by atoms with Gasteiger partial charge < -0.3 is 4.74 Å². The highest BCUT2D eigenvalue weighted by atomic mass is 35.5. The number of carbonyl (C=O) groups is 2. The summed E-state index contributed by atoms with van der Waals surface area (Å²) in [4.78, 5) is 29.3. The molecule has 0 saturated heterocycles. The second-order valence-electron chi connectivity index (χ2n) is 0.958. The van der Waals surface area contributed by atoms with E-state index in [1.807, 2.05) is 0 Å². The van der Waals surface area contributed by atoms with Gasteiger partial charge in [0.15, 0.2) is 0 Å². The highest BCUT2D eigenvalue weighted by Crippen LogP contribution is 2.02. The molecular formula is C2Cl2N2O4. The predicted octanol–water partition coefficient (Wildman–Crippen LogP) is 1.62. The average Bonchev–Trinajstić information content (AvgIpc) is 1.87. The molecule has 56 valence electrons. The maximum atomic E-state index is 10.1. The van der Waals surface area contributed by atoms with E-state index in [4.69, 9.17) is 23.6 Å². The van der Waals surface area contributed by atoms with Crippen molar-refractivity contribution in [1.82, 2.24) is 3.94 Å². The van der Waals surface area contributed by atoms with E-state index < -0.39 is 12.2 Å². The van der Waals surface area contributed by atoms with E-state index in [2.05, 4.69) is 4.74 Å². The average molecular weight is 187 g/mol. The van der Waals surface area contributed by atoms with Crippen LogP contribution in [-0.2, 0) is 4.74 Å². The zero-order chi connectivity index (χ0) is 8.15. The first-order valence-electron chi connectivity index (χ1n) is 1.78. The SMILES string of the molecule is O=NC(=O)OC(=O)N(Cl)Cl. The Kier molecular flexibility index (Phi) is 3.67. The molecule has 0 aromatic carbocycles. The smallest absolute Gasteiger partial charge is 0.354 e. The Balaban J connectivity index is 3.80. The summed E-state index contributed by atoms with van der Waals surface area (Å²) in [7, 11) is 0. The van der Waals surface area contributed by atoms with Gasteiger partial charge in [0.1, 0.15) is 0 Å². The van der Waals surface area contributed by atoms with Crippen molar-refractivity contribution >= 4 is 35.7 Å². The summed E-state index contributed by atoms with van der Waals surface area (Å²) >= 11 is 9.52. The van der Waals surface area contributed by atoms with E-state index in [-0.39, 0.29) is 3.94 Å². The fourth-order valence-corrected chi connectivity index (χ4v) is 0.197. The molecular weight excluding hydrogens is 187 g/mol. The van der Waals surface area contributed by atoms with Crippen LogP contribution in [0, 0.1) is 4.91 Å². The van der Waals surface area contributed by atoms with Crippen LogP contribution in [-0.4, -0.2) is 16.1 Å². The van der Waals surface area contributed by atoms with Crippen molar-refractivity contribution in [3.8, 4) is 0 Å². The molecule has 10 heavy (non-hydrogen) atoms. The van der Waals surface area contributed by atoms with Crippen LogP contribution < -0.4 is 0 Å². The van der Waals surface area contributed by atoms with Gasteiger partial charge in [-0.05, 0) is 0 Å². The zero-order valence-corrected chi connectivity index (χ0v) is 5.80. The van der Waals surface area contributed by atoms with Gasteiger partial charge in [0.2, 0.25) is 0 Å². The molecule has 0 fully saturated rings. The van der Waals surface area contributed by atoms with Crippen molar-refractivity contribution in [2.75, 3.05) is 0 Å². The molecule has 0 heterocycles. The summed E-state index contributed by atoms with van der Waals surface area (Å²) in [6, 6.07) is 0. The monoisotopic (exact) mass is 186 g/mol. The molecule has 0 aromatic heterocycles. The van der Waals surface area contributed by atoms with Crippen molar-refractivity contribution < 1.29 is 14.3 Å². The van der Waals surface area contributed by atoms with Gasteiger partial charge in [-0.3, -0.25) is 0 Å². The van der Waals surface area contributed by atoms with Gasteiger partial charge in [0.25, 0.3) is 0 Å². The van der Waals surface area contributed by atoms with Crippen LogP contribution in [0.1, 0.15) is 0 Å². The van der Waals surface area contributed by atoms with Crippen LogP contribution in [0.4, 0.5) is 9.59 Å². The molecule has 0 unspecified atom stereocenters. The highest BCUT2D eigenvalue weighted by molar-refractivity contribution is 6.40. The maximum absolute atomic E-state index is 10.1. The highest BCUT2D eigenvalue weighted by Gasteiger charge is 2.14. The lowest BCUT2D eigenvalue weighted by Crippen LogP contribution is -2.15. The van der Waals surface area contributed by atoms with Gasteiger partial charge in [-0.2, -0.15) is 0 Å². The molecule has 0 bridgehead atoms. The molecule has 8 heteroatoms. The Labute approximate surface area is 64.8 Å². The lowest BCUT2D eigenvalue weighted by atomic mass is 11.1. The van der Waals surface area contributed by atoms with Gasteiger partial charge in [0, 0.05) is 23.6 Å². The first kappa shape index (κ1) is 9.12. The number of nitroso groups, excluding NO2 is 1. The van der Waals surface area contributed by atoms with Crippen LogP contribution in [0.2, 0.25) is 0 Å². The Morgan fingerprint density at radius 1 is 1.40 bits per heavy atom. The molecule has 0 rings (SSSR count). The van der Waals surface area contributed by atoms with E-state index in [1.165, 1.54) is 0 Å². The van der Waals surface area contributed by atoms with Crippen molar-refractivity contribution in [2.45, 2.75) is 0 Å². The van der Waals surface area contributed by atoms with E-state index in [1.54, 1.807) is 5.18 Å². The zero-order valence-electron chi connectivity index (χ0n) is 4.28. The molecule has 0 aromatic rings. The summed E-state index contributed by atoms with van der Waals surface area (Å²) in [5.41, 5.74) is 0. The summed E-state index contributed by atoms with van der Waals surface area (Å²) in [6.45, 7) is 0. The first-order valence-corrected chi connectivity index (χ1v) is 2.46. The third kappa shape index (κ3) is 3.21. The standard InChI is InChI=1S/C2Cl2N2O4/c3-6(4)2(8)10-1(7)5-9. The second kappa shape index (κ2) is 4.02. The van der Waals surface area contributed by atoms with Gasteiger partial charge in [-0.1, -0.05) is 0 Å². The van der Waals surface area contributed by atoms with Crippen LogP contribution in [0.3, 0.4) is 0 Å². The third-order valence-electron chi connectivity index (χ3n) is 0.387. The second-order valence-corrected chi connectivity index (χ2v) is 1.81. The Morgan fingerprint density at radius 2 is 1.90 bits per heavy atom. The quantitative estimate of drug-likeness (QED) is 0.328. The van der Waals surface area contributed by atoms with E-state index in [9.17, 15) is 14.5 Å². The minimum atomic E-state index is -1.60. The van der Waals surface area contributed by atoms with Crippen molar-refractivity contribution in [3.63, 3.8) is 0 Å². The molecule has 0 radical (unpaired) electrons. The summed E-state index contributed by atoms with van der Waals surface area (Å²) in [5, 5.41) is 1.73. The Morgan fingerprint density at radius 3 is 2.20 bits per heavy atom. The molecule has 0 aliphatic carbocycles. The Bertz CT molecular complexity index is 169. The molecule has 2 amide bonds. The van der Waals surface area contributed by atoms with E-state index >= 15 is 0 Å². The van der Waals surface area contributed by atoms with Gasteiger partial charge in [-0.15, -0.1) is 8.85 Å². The summed E-state index contributed by atoms with van der Waals surface area (Å²) < 4.78 is 3.51. The van der Waals surface area contributed by atoms with E-state index in [0.717, 1.165) is 0 Å². The van der Waals surface area contributed by atoms with Crippen molar-refractivity contribution in [1.29, 1.82) is 0 Å². The first-order chi connectivity index (χ1) is 4.57. The minimum Gasteiger partial charge on any atom is -0.354 e. The largest absolute Gasteiger partial charge is 0.479 e. The number of ether oxygens (including phenoxy) is 1. The lowest BCUT2D eigenvalue weighted by molar-refractivity contribution is 0.152. The number of rotatable bonds is 0. The number of hydrogen-bond donors (Lipinski definition) is 0. The number of amides is 2. The minimum absolute atomic E-state index is 0.0525. The number of carbonyl (C=O) groups excluding carboxylic acids is 2. The normalized spacial score (nSPS) is 8.20. The fraction of sp³-hybridized carbons (Fsp3) is 0. The topological polar surface area (TPSA) is 76.0 Å². The van der Waals surface area contributed by atoms with Crippen LogP contribution in [0.5, 0.6) is 0 Å². The lowest BCUT2D eigenvalue weighted by Gasteiger charge is -1.98. The molecule has 0 aliphatic heterocycles. The molecule has 0 aliphatic rings. The fourth-order valence-electron chi connectivity index (χ4n) is 0.128. The third-order valence-corrected chi connectivity index (χ3v) is 0.663. The van der Waals surface area contributed by atoms with Gasteiger partial charge in [-0.25, -0.2) is 9.59 Å². The predicted molar refractivity (Wildman–Crippen MR) is 31.2 cm³/mol. The molecule has 0 atom stereocenters. The number of halogens is 2.